The molecular formula is C20H18Pt. The molecular weight excluding hydrogens is 435 g/mol. The first kappa shape index (κ1) is 19.1. The number of benzene rings is 2. The van der Waals surface area contributed by atoms with Gasteiger partial charge in [-0.2, -0.15) is 72.8 Å². The molecule has 0 saturated carbocycles. The first-order valence-corrected chi connectivity index (χ1v) is 6.49. The van der Waals surface area contributed by atoms with Gasteiger partial charge in [-0.05, 0) is 0 Å². The first-order valence-electron chi connectivity index (χ1n) is 6.49. The Morgan fingerprint density at radius 1 is 0.333 bits per heavy atom. The molecule has 0 atom stereocenters. The van der Waals surface area contributed by atoms with Crippen LogP contribution in [0.3, 0.4) is 0 Å². The van der Waals surface area contributed by atoms with Gasteiger partial charge < -0.3 is 0 Å². The number of rotatable bonds is 0. The van der Waals surface area contributed by atoms with Gasteiger partial charge in [-0.15, -0.1) is 0 Å². The topological polar surface area (TPSA) is 0 Å². The van der Waals surface area contributed by atoms with Crippen molar-refractivity contribution >= 4 is 0 Å². The van der Waals surface area contributed by atoms with E-state index in [4.69, 9.17) is 0 Å². The van der Waals surface area contributed by atoms with Crippen molar-refractivity contribution in [3.05, 3.63) is 121 Å². The van der Waals surface area contributed by atoms with Gasteiger partial charge in [-0.1, -0.05) is 48.6 Å². The Kier molecular flexibility index (Phi) is 14.7. The number of hydrogen-bond donors (Lipinski definition) is 0. The maximum Gasteiger partial charge on any atom is 2.00 e. The summed E-state index contributed by atoms with van der Waals surface area (Å²) in [6, 6.07) is 25.0. The molecule has 0 fully saturated rings. The van der Waals surface area contributed by atoms with Gasteiger partial charge in [0.1, 0.15) is 0 Å². The Hall–Kier alpha value is -1.91. The van der Waals surface area contributed by atoms with Crippen LogP contribution in [-0.4, -0.2) is 0 Å². The summed E-state index contributed by atoms with van der Waals surface area (Å²) in [5.41, 5.74) is 0. The van der Waals surface area contributed by atoms with Gasteiger partial charge in [0, 0.05) is 0 Å². The molecule has 0 aliphatic heterocycles. The van der Waals surface area contributed by atoms with Crippen molar-refractivity contribution in [3.63, 3.8) is 0 Å². The van der Waals surface area contributed by atoms with E-state index in [0.29, 0.717) is 0 Å². The molecule has 21 heavy (non-hydrogen) atoms. The van der Waals surface area contributed by atoms with E-state index in [1.165, 1.54) is 0 Å². The van der Waals surface area contributed by atoms with E-state index in [0.717, 1.165) is 0 Å². The van der Waals surface area contributed by atoms with E-state index < -0.39 is 0 Å². The van der Waals surface area contributed by atoms with Crippen molar-refractivity contribution < 1.29 is 21.1 Å². The van der Waals surface area contributed by atoms with Gasteiger partial charge in [-0.25, -0.2) is 0 Å². The van der Waals surface area contributed by atoms with Crippen LogP contribution in [0.2, 0.25) is 0 Å². The van der Waals surface area contributed by atoms with E-state index in [9.17, 15) is 0 Å². The van der Waals surface area contributed by atoms with Gasteiger partial charge in [0.05, 0.1) is 0 Å². The molecule has 0 saturated heterocycles. The van der Waals surface area contributed by atoms with E-state index in [1.807, 2.05) is 109 Å². The van der Waals surface area contributed by atoms with Crippen molar-refractivity contribution in [1.82, 2.24) is 0 Å². The molecule has 0 heterocycles. The average Bonchev–Trinajstić information content (AvgIpc) is 2.51. The Morgan fingerprint density at radius 3 is 0.667 bits per heavy atom. The van der Waals surface area contributed by atoms with Crippen LogP contribution < -0.4 is 0 Å². The predicted molar refractivity (Wildman–Crippen MR) is 87.1 cm³/mol. The van der Waals surface area contributed by atoms with Gasteiger partial charge in [-0.3, -0.25) is 0 Å². The van der Waals surface area contributed by atoms with Crippen molar-refractivity contribution in [2.24, 2.45) is 0 Å². The van der Waals surface area contributed by atoms with Crippen LogP contribution in [0.15, 0.2) is 109 Å². The SMILES string of the molecule is C1=CC=CC=CC=C1.[Pt+2].[c-]1ccccc1.[c-]1ccccc1. The second kappa shape index (κ2) is 16.1. The summed E-state index contributed by atoms with van der Waals surface area (Å²) in [5, 5.41) is 0. The molecule has 0 aromatic heterocycles. The largest absolute Gasteiger partial charge is 2.00 e. The zero-order valence-corrected chi connectivity index (χ0v) is 14.0. The Bertz CT molecular complexity index is 381. The molecule has 0 radical (unpaired) electrons. The van der Waals surface area contributed by atoms with Gasteiger partial charge in [0.25, 0.3) is 0 Å². The summed E-state index contributed by atoms with van der Waals surface area (Å²) >= 11 is 0. The fourth-order valence-corrected chi connectivity index (χ4v) is 1.20. The molecule has 2 aromatic rings. The molecule has 0 bridgehead atoms. The zero-order chi connectivity index (χ0) is 14.1. The summed E-state index contributed by atoms with van der Waals surface area (Å²) in [5.74, 6) is 0. The molecule has 1 aliphatic rings. The van der Waals surface area contributed by atoms with Crippen LogP contribution >= 0.6 is 0 Å². The Labute approximate surface area is 142 Å². The molecule has 108 valence electrons. The molecule has 1 aliphatic carbocycles. The number of allylic oxidation sites excluding steroid dienone is 8. The third-order valence-electron chi connectivity index (χ3n) is 2.10. The smallest absolute Gasteiger partial charge is 0.184 e. The summed E-state index contributed by atoms with van der Waals surface area (Å²) in [6.45, 7) is 0. The second-order valence-electron chi connectivity index (χ2n) is 3.69. The minimum Gasteiger partial charge on any atom is -0.184 e. The maximum atomic E-state index is 2.89. The third kappa shape index (κ3) is 14.3. The summed E-state index contributed by atoms with van der Waals surface area (Å²) in [4.78, 5) is 0. The first-order chi connectivity index (χ1) is 10.0. The van der Waals surface area contributed by atoms with Crippen LogP contribution in [0.1, 0.15) is 0 Å². The second-order valence-corrected chi connectivity index (χ2v) is 3.69. The quantitative estimate of drug-likeness (QED) is 0.482. The van der Waals surface area contributed by atoms with E-state index in [1.54, 1.807) is 0 Å². The predicted octanol–water partition coefficient (Wildman–Crippen LogP) is 5.20. The molecule has 0 unspecified atom stereocenters. The zero-order valence-electron chi connectivity index (χ0n) is 11.7. The van der Waals surface area contributed by atoms with E-state index in [2.05, 4.69) is 12.1 Å². The fourth-order valence-electron chi connectivity index (χ4n) is 1.20. The number of hydrogen-bond acceptors (Lipinski definition) is 0. The molecule has 0 nitrogen and oxygen atoms in total. The Morgan fingerprint density at radius 2 is 0.571 bits per heavy atom. The van der Waals surface area contributed by atoms with Crippen molar-refractivity contribution in [2.75, 3.05) is 0 Å². The van der Waals surface area contributed by atoms with Crippen LogP contribution in [0.25, 0.3) is 0 Å². The summed E-state index contributed by atoms with van der Waals surface area (Å²) in [6.07, 6.45) is 16.0. The molecule has 2 aromatic carbocycles. The van der Waals surface area contributed by atoms with Crippen LogP contribution in [0.4, 0.5) is 0 Å². The van der Waals surface area contributed by atoms with Crippen molar-refractivity contribution in [3.8, 4) is 0 Å². The third-order valence-corrected chi connectivity index (χ3v) is 2.10. The minimum atomic E-state index is 0. The normalized spacial score (nSPS) is 10.7. The van der Waals surface area contributed by atoms with Gasteiger partial charge >= 0.3 is 21.1 Å². The molecule has 1 heteroatoms. The summed E-state index contributed by atoms with van der Waals surface area (Å²) in [7, 11) is 0. The minimum absolute atomic E-state index is 0. The van der Waals surface area contributed by atoms with Crippen LogP contribution in [-0.2, 0) is 21.1 Å². The molecule has 0 N–H and O–H groups in total. The van der Waals surface area contributed by atoms with E-state index >= 15 is 0 Å². The van der Waals surface area contributed by atoms with E-state index in [-0.39, 0.29) is 21.1 Å². The van der Waals surface area contributed by atoms with Crippen molar-refractivity contribution in [2.45, 2.75) is 0 Å². The van der Waals surface area contributed by atoms with Crippen LogP contribution in [0, 0.1) is 12.1 Å². The molecule has 0 spiro atoms. The standard InChI is InChI=1S/C8H8.2C6H5.Pt/c1-2-4-6-8-7-5-3-1;2*1-2-4-6-5-3-1;/h1-8H;2*1-5H;/q;2*-1;+2. The monoisotopic (exact) mass is 453 g/mol. The van der Waals surface area contributed by atoms with Crippen molar-refractivity contribution in [1.29, 1.82) is 0 Å². The summed E-state index contributed by atoms with van der Waals surface area (Å²) < 4.78 is 0. The Balaban J connectivity index is 0.000000283. The van der Waals surface area contributed by atoms with Crippen LogP contribution in [0.5, 0.6) is 0 Å². The molecule has 3 rings (SSSR count). The van der Waals surface area contributed by atoms with Gasteiger partial charge in [0.15, 0.2) is 0 Å². The fraction of sp³-hybridized carbons (Fsp3) is 0. The average molecular weight is 453 g/mol. The molecule has 0 amide bonds. The maximum absolute atomic E-state index is 2.89. The van der Waals surface area contributed by atoms with Gasteiger partial charge in [0.2, 0.25) is 0 Å².